The Kier molecular flexibility index (Phi) is 4.22. The van der Waals surface area contributed by atoms with Gasteiger partial charge in [0.05, 0.1) is 26.7 Å². The molecular weight excluding hydrogens is 422 g/mol. The van der Waals surface area contributed by atoms with Gasteiger partial charge in [-0.1, -0.05) is 0 Å². The van der Waals surface area contributed by atoms with Crippen LogP contribution in [0.1, 0.15) is 0 Å². The van der Waals surface area contributed by atoms with E-state index in [-0.39, 0.29) is 20.5 Å². The first-order valence-electron chi connectivity index (χ1n) is 4.91. The zero-order valence-electron chi connectivity index (χ0n) is 8.63. The molecule has 0 aromatic carbocycles. The van der Waals surface area contributed by atoms with E-state index in [1.54, 1.807) is 0 Å². The summed E-state index contributed by atoms with van der Waals surface area (Å²) >= 11 is 9.46. The van der Waals surface area contributed by atoms with Crippen LogP contribution in [0.3, 0.4) is 0 Å². The normalized spacial score (nSPS) is 22.6. The fourth-order valence-electron chi connectivity index (χ4n) is 1.68. The molecule has 17 heavy (non-hydrogen) atoms. The van der Waals surface area contributed by atoms with Crippen LogP contribution < -0.4 is 0 Å². The molecule has 0 aromatic heterocycles. The van der Waals surface area contributed by atoms with Crippen molar-refractivity contribution in [2.24, 2.45) is 0 Å². The van der Waals surface area contributed by atoms with Crippen molar-refractivity contribution >= 4 is 59.4 Å². The topological polar surface area (TPSA) is 46.6 Å². The van der Waals surface area contributed by atoms with Gasteiger partial charge in [0, 0.05) is 13.1 Å². The third-order valence-electron chi connectivity index (χ3n) is 2.54. The van der Waals surface area contributed by atoms with Crippen LogP contribution in [0.15, 0.2) is 19.1 Å². The largest absolute Gasteiger partial charge is 0.378 e. The highest BCUT2D eigenvalue weighted by Gasteiger charge is 2.34. The van der Waals surface area contributed by atoms with Gasteiger partial charge >= 0.3 is 0 Å². The summed E-state index contributed by atoms with van der Waals surface area (Å²) in [6.45, 7) is 2.35. The van der Waals surface area contributed by atoms with Gasteiger partial charge < -0.3 is 9.64 Å². The predicted molar refractivity (Wildman–Crippen MR) is 73.2 cm³/mol. The molecule has 0 N–H and O–H groups in total. The summed E-state index contributed by atoms with van der Waals surface area (Å²) in [5, 5.41) is 0. The fraction of sp³-hybridized carbons (Fsp3) is 0.400. The Bertz CT molecular complexity index is 450. The highest BCUT2D eigenvalue weighted by Crippen LogP contribution is 2.35. The van der Waals surface area contributed by atoms with Crippen molar-refractivity contribution in [3.63, 3.8) is 0 Å². The second-order valence-corrected chi connectivity index (χ2v) is 5.93. The van der Waals surface area contributed by atoms with Crippen LogP contribution in [0.25, 0.3) is 0 Å². The van der Waals surface area contributed by atoms with Crippen LogP contribution in [0, 0.1) is 0 Å². The molecule has 1 fully saturated rings. The molecule has 1 saturated heterocycles. The molecule has 7 heteroatoms. The van der Waals surface area contributed by atoms with Crippen LogP contribution in [-0.4, -0.2) is 42.8 Å². The lowest BCUT2D eigenvalue weighted by Crippen LogP contribution is -2.40. The summed E-state index contributed by atoms with van der Waals surface area (Å²) in [5.74, 6) is -0.414. The Morgan fingerprint density at radius 3 is 2.00 bits per heavy atom. The van der Waals surface area contributed by atoms with Gasteiger partial charge in [0.1, 0.15) is 5.70 Å². The number of carbonyl (C=O) groups excluding carboxylic acids is 2. The first-order valence-corrected chi connectivity index (χ1v) is 7.29. The highest BCUT2D eigenvalue weighted by molar-refractivity contribution is 9.15. The van der Waals surface area contributed by atoms with Crippen molar-refractivity contribution in [2.45, 2.75) is 0 Å². The number of ketones is 2. The molecule has 1 heterocycles. The van der Waals surface area contributed by atoms with E-state index in [4.69, 9.17) is 4.74 Å². The second-order valence-electron chi connectivity index (χ2n) is 3.55. The smallest absolute Gasteiger partial charge is 0.218 e. The van der Waals surface area contributed by atoms with Crippen LogP contribution in [0.2, 0.25) is 0 Å². The SMILES string of the molecule is O=C1C(Br)=C(Br)C(=O)C(N2CCOCC2)=C1Br. The zero-order chi connectivity index (χ0) is 12.6. The van der Waals surface area contributed by atoms with E-state index in [0.29, 0.717) is 36.5 Å². The van der Waals surface area contributed by atoms with E-state index >= 15 is 0 Å². The number of ether oxygens (including phenoxy) is 1. The summed E-state index contributed by atoms with van der Waals surface area (Å²) in [6.07, 6.45) is 0. The first kappa shape index (κ1) is 13.5. The lowest BCUT2D eigenvalue weighted by molar-refractivity contribution is -0.116. The van der Waals surface area contributed by atoms with Crippen molar-refractivity contribution in [1.29, 1.82) is 0 Å². The molecule has 0 saturated carbocycles. The van der Waals surface area contributed by atoms with E-state index < -0.39 is 0 Å². The standard InChI is InChI=1S/C10H8Br3NO3/c11-5-6(12)10(16)8(7(13)9(5)15)14-1-3-17-4-2-14/h1-4H2. The summed E-state index contributed by atoms with van der Waals surface area (Å²) in [5.41, 5.74) is 0.411. The Labute approximate surface area is 123 Å². The molecule has 0 aromatic rings. The molecule has 0 unspecified atom stereocenters. The number of rotatable bonds is 1. The Hall–Kier alpha value is 0.0200. The molecule has 1 aliphatic carbocycles. The third-order valence-corrected chi connectivity index (χ3v) is 5.32. The Balaban J connectivity index is 2.38. The zero-order valence-corrected chi connectivity index (χ0v) is 13.4. The Morgan fingerprint density at radius 1 is 0.882 bits per heavy atom. The lowest BCUT2D eigenvalue weighted by Gasteiger charge is -2.32. The number of morpholine rings is 1. The first-order chi connectivity index (χ1) is 8.04. The number of Topliss-reactive ketones (excluding diaryl/α,β-unsaturated/α-hetero) is 2. The fourth-order valence-corrected chi connectivity index (χ4v) is 3.32. The molecule has 92 valence electrons. The molecule has 0 radical (unpaired) electrons. The molecule has 2 aliphatic rings. The molecular formula is C10H8Br3NO3. The number of nitrogens with zero attached hydrogens (tertiary/aromatic N) is 1. The van der Waals surface area contributed by atoms with Crippen molar-refractivity contribution in [1.82, 2.24) is 4.90 Å². The molecule has 4 nitrogen and oxygen atoms in total. The van der Waals surface area contributed by atoms with Crippen LogP contribution in [-0.2, 0) is 14.3 Å². The predicted octanol–water partition coefficient (Wildman–Crippen LogP) is 2.08. The number of hydrogen-bond donors (Lipinski definition) is 0. The third kappa shape index (κ3) is 2.43. The van der Waals surface area contributed by atoms with Crippen molar-refractivity contribution in [2.75, 3.05) is 26.3 Å². The van der Waals surface area contributed by atoms with Gasteiger partial charge in [-0.2, -0.15) is 0 Å². The number of allylic oxidation sites excluding steroid dienone is 3. The van der Waals surface area contributed by atoms with Gasteiger partial charge in [0.15, 0.2) is 0 Å². The summed E-state index contributed by atoms with van der Waals surface area (Å²) < 4.78 is 6.06. The van der Waals surface area contributed by atoms with Gasteiger partial charge in [0.2, 0.25) is 11.6 Å². The van der Waals surface area contributed by atoms with Crippen LogP contribution in [0.4, 0.5) is 0 Å². The molecule has 0 spiro atoms. The second kappa shape index (κ2) is 5.34. The minimum Gasteiger partial charge on any atom is -0.378 e. The lowest BCUT2D eigenvalue weighted by atomic mass is 10.1. The van der Waals surface area contributed by atoms with Gasteiger partial charge in [-0.15, -0.1) is 0 Å². The molecule has 2 rings (SSSR count). The number of halogens is 3. The molecule has 1 aliphatic heterocycles. The van der Waals surface area contributed by atoms with Gasteiger partial charge in [-0.25, -0.2) is 0 Å². The van der Waals surface area contributed by atoms with E-state index in [1.807, 2.05) is 4.90 Å². The minimum atomic E-state index is -0.224. The number of carbonyl (C=O) groups is 2. The average molecular weight is 430 g/mol. The summed E-state index contributed by atoms with van der Waals surface area (Å²) in [4.78, 5) is 25.9. The van der Waals surface area contributed by atoms with Crippen molar-refractivity contribution < 1.29 is 14.3 Å². The quantitative estimate of drug-likeness (QED) is 0.599. The maximum absolute atomic E-state index is 12.1. The van der Waals surface area contributed by atoms with Crippen molar-refractivity contribution in [3.8, 4) is 0 Å². The van der Waals surface area contributed by atoms with Crippen LogP contribution >= 0.6 is 47.8 Å². The molecule has 0 atom stereocenters. The van der Waals surface area contributed by atoms with Crippen molar-refractivity contribution in [3.05, 3.63) is 19.1 Å². The maximum atomic E-state index is 12.1. The van der Waals surface area contributed by atoms with E-state index in [0.717, 1.165) is 0 Å². The van der Waals surface area contributed by atoms with Gasteiger partial charge in [-0.3, -0.25) is 9.59 Å². The highest BCUT2D eigenvalue weighted by atomic mass is 79.9. The average Bonchev–Trinajstić information content (AvgIpc) is 2.36. The summed E-state index contributed by atoms with van der Waals surface area (Å²) in [7, 11) is 0. The van der Waals surface area contributed by atoms with Crippen LogP contribution in [0.5, 0.6) is 0 Å². The molecule has 0 amide bonds. The minimum absolute atomic E-state index is 0.190. The van der Waals surface area contributed by atoms with Gasteiger partial charge in [0.25, 0.3) is 0 Å². The van der Waals surface area contributed by atoms with E-state index in [2.05, 4.69) is 47.8 Å². The van der Waals surface area contributed by atoms with E-state index in [1.165, 1.54) is 0 Å². The molecule has 0 bridgehead atoms. The monoisotopic (exact) mass is 427 g/mol. The summed E-state index contributed by atoms with van der Waals surface area (Å²) in [6, 6.07) is 0. The van der Waals surface area contributed by atoms with Gasteiger partial charge in [-0.05, 0) is 47.8 Å². The maximum Gasteiger partial charge on any atom is 0.218 e. The Morgan fingerprint density at radius 2 is 1.41 bits per heavy atom. The number of hydrogen-bond acceptors (Lipinski definition) is 4. The van der Waals surface area contributed by atoms with E-state index in [9.17, 15) is 9.59 Å².